The minimum Gasteiger partial charge on any atom is -0.278 e. The molecule has 0 heterocycles. The Kier molecular flexibility index (Phi) is 6.07. The van der Waals surface area contributed by atoms with Gasteiger partial charge in [0.1, 0.15) is 0 Å². The first-order chi connectivity index (χ1) is 11.6. The fourth-order valence-electron chi connectivity index (χ4n) is 2.63. The summed E-state index contributed by atoms with van der Waals surface area (Å²) in [6.45, 7) is 6.46. The number of nitro benzene ring substituents is 1. The highest BCUT2D eigenvalue weighted by atomic mass is 16.6. The van der Waals surface area contributed by atoms with Crippen molar-refractivity contribution in [3.63, 3.8) is 0 Å². The van der Waals surface area contributed by atoms with Crippen molar-refractivity contribution in [3.05, 3.63) is 68.8 Å². The normalized spacial score (nSPS) is 11.0. The van der Waals surface area contributed by atoms with E-state index in [0.29, 0.717) is 0 Å². The Labute approximate surface area is 142 Å². The maximum Gasteiger partial charge on any atom is 0.269 e. The van der Waals surface area contributed by atoms with E-state index in [0.717, 1.165) is 30.5 Å². The molecule has 126 valence electrons. The van der Waals surface area contributed by atoms with Crippen LogP contribution in [0, 0.1) is 10.1 Å². The van der Waals surface area contributed by atoms with Gasteiger partial charge in [0.15, 0.2) is 0 Å². The maximum absolute atomic E-state index is 10.7. The Hall–Kier alpha value is -2.69. The van der Waals surface area contributed by atoms with Gasteiger partial charge in [0.25, 0.3) is 5.69 Å². The van der Waals surface area contributed by atoms with Crippen LogP contribution in [0.5, 0.6) is 0 Å². The number of anilines is 1. The smallest absolute Gasteiger partial charge is 0.269 e. The number of rotatable bonds is 7. The van der Waals surface area contributed by atoms with Crippen LogP contribution < -0.4 is 5.43 Å². The average molecular weight is 325 g/mol. The molecule has 0 aliphatic carbocycles. The molecular formula is C19H23N3O2. The predicted octanol–water partition coefficient (Wildman–Crippen LogP) is 4.73. The van der Waals surface area contributed by atoms with Crippen LogP contribution in [-0.4, -0.2) is 11.1 Å². The van der Waals surface area contributed by atoms with Crippen LogP contribution in [0.3, 0.4) is 0 Å². The van der Waals surface area contributed by atoms with Crippen LogP contribution >= 0.6 is 0 Å². The summed E-state index contributed by atoms with van der Waals surface area (Å²) in [5.74, 6) is 0. The van der Waals surface area contributed by atoms with Crippen LogP contribution in [-0.2, 0) is 19.3 Å². The minimum absolute atomic E-state index is 0.0706. The molecule has 2 aromatic carbocycles. The fraction of sp³-hybridized carbons (Fsp3) is 0.316. The van der Waals surface area contributed by atoms with Crippen molar-refractivity contribution in [2.24, 2.45) is 5.10 Å². The van der Waals surface area contributed by atoms with Gasteiger partial charge in [-0.3, -0.25) is 15.5 Å². The Balaban J connectivity index is 2.20. The lowest BCUT2D eigenvalue weighted by Crippen LogP contribution is -2.02. The number of non-ortho nitro benzene ring substituents is 1. The molecule has 0 aliphatic heterocycles. The molecule has 5 heteroatoms. The number of nitrogens with one attached hydrogen (secondary N) is 1. The Morgan fingerprint density at radius 2 is 1.62 bits per heavy atom. The molecule has 0 amide bonds. The number of hydrogen-bond acceptors (Lipinski definition) is 4. The third-order valence-electron chi connectivity index (χ3n) is 4.05. The molecule has 0 aliphatic rings. The van der Waals surface area contributed by atoms with Gasteiger partial charge in [-0.2, -0.15) is 5.10 Å². The molecule has 1 N–H and O–H groups in total. The number of nitrogens with zero attached hydrogens (tertiary/aromatic N) is 2. The summed E-state index contributed by atoms with van der Waals surface area (Å²) in [6.07, 6.45) is 4.79. The van der Waals surface area contributed by atoms with E-state index in [4.69, 9.17) is 0 Å². The summed E-state index contributed by atoms with van der Waals surface area (Å²) in [5, 5.41) is 15.0. The first kappa shape index (κ1) is 17.7. The summed E-state index contributed by atoms with van der Waals surface area (Å²) in [7, 11) is 0. The monoisotopic (exact) mass is 325 g/mol. The number of hydrazone groups is 1. The molecule has 2 rings (SSSR count). The summed E-state index contributed by atoms with van der Waals surface area (Å²) in [4.78, 5) is 10.2. The highest BCUT2D eigenvalue weighted by Crippen LogP contribution is 2.19. The van der Waals surface area contributed by atoms with Crippen molar-refractivity contribution < 1.29 is 4.92 Å². The molecule has 0 bridgehead atoms. The molecule has 5 nitrogen and oxygen atoms in total. The number of benzene rings is 2. The SMILES string of the molecule is CCc1cc(CC)c(C=NNc2ccc([N+](=O)[O-])cc2)c(CC)c1. The first-order valence-electron chi connectivity index (χ1n) is 8.27. The van der Waals surface area contributed by atoms with E-state index in [9.17, 15) is 10.1 Å². The molecule has 0 unspecified atom stereocenters. The molecule has 0 spiro atoms. The van der Waals surface area contributed by atoms with Crippen LogP contribution in [0.4, 0.5) is 11.4 Å². The predicted molar refractivity (Wildman–Crippen MR) is 98.9 cm³/mol. The van der Waals surface area contributed by atoms with Crippen LogP contribution in [0.1, 0.15) is 43.0 Å². The summed E-state index contributed by atoms with van der Waals surface area (Å²) in [6, 6.07) is 10.7. The second-order valence-corrected chi connectivity index (χ2v) is 5.56. The van der Waals surface area contributed by atoms with E-state index in [1.165, 1.54) is 28.8 Å². The largest absolute Gasteiger partial charge is 0.278 e. The Bertz CT molecular complexity index is 712. The van der Waals surface area contributed by atoms with Gasteiger partial charge in [-0.1, -0.05) is 32.9 Å². The third kappa shape index (κ3) is 4.19. The van der Waals surface area contributed by atoms with Gasteiger partial charge in [0.2, 0.25) is 0 Å². The topological polar surface area (TPSA) is 67.5 Å². The fourth-order valence-corrected chi connectivity index (χ4v) is 2.63. The van der Waals surface area contributed by atoms with Gasteiger partial charge >= 0.3 is 0 Å². The molecule has 0 saturated heterocycles. The first-order valence-corrected chi connectivity index (χ1v) is 8.27. The summed E-state index contributed by atoms with van der Waals surface area (Å²) >= 11 is 0. The Morgan fingerprint density at radius 3 is 2.08 bits per heavy atom. The standard InChI is InChI=1S/C19H23N3O2/c1-4-14-11-15(5-2)19(16(6-3)12-14)13-20-21-17-7-9-18(10-8-17)22(23)24/h7-13,21H,4-6H2,1-3H3. The van der Waals surface area contributed by atoms with Crippen molar-refractivity contribution >= 4 is 17.6 Å². The van der Waals surface area contributed by atoms with Crippen LogP contribution in [0.25, 0.3) is 0 Å². The van der Waals surface area contributed by atoms with E-state index in [1.54, 1.807) is 12.1 Å². The van der Waals surface area contributed by atoms with Crippen LogP contribution in [0.15, 0.2) is 41.5 Å². The maximum atomic E-state index is 10.7. The number of nitro groups is 1. The highest BCUT2D eigenvalue weighted by Gasteiger charge is 2.07. The number of aryl methyl sites for hydroxylation is 3. The van der Waals surface area contributed by atoms with E-state index in [2.05, 4.69) is 43.4 Å². The second-order valence-electron chi connectivity index (χ2n) is 5.56. The van der Waals surface area contributed by atoms with Gasteiger partial charge in [-0.25, -0.2) is 0 Å². The van der Waals surface area contributed by atoms with Crippen molar-refractivity contribution in [3.8, 4) is 0 Å². The van der Waals surface area contributed by atoms with Gasteiger partial charge in [-0.15, -0.1) is 0 Å². The zero-order valence-corrected chi connectivity index (χ0v) is 14.4. The lowest BCUT2D eigenvalue weighted by molar-refractivity contribution is -0.384. The van der Waals surface area contributed by atoms with Gasteiger partial charge < -0.3 is 0 Å². The second kappa shape index (κ2) is 8.24. The molecule has 24 heavy (non-hydrogen) atoms. The average Bonchev–Trinajstić information content (AvgIpc) is 2.61. The van der Waals surface area contributed by atoms with E-state index >= 15 is 0 Å². The quantitative estimate of drug-likeness (QED) is 0.454. The molecule has 0 fully saturated rings. The highest BCUT2D eigenvalue weighted by molar-refractivity contribution is 5.84. The van der Waals surface area contributed by atoms with Gasteiger partial charge in [0, 0.05) is 17.7 Å². The molecule has 0 atom stereocenters. The van der Waals surface area contributed by atoms with Crippen LogP contribution in [0.2, 0.25) is 0 Å². The molecule has 0 aromatic heterocycles. The summed E-state index contributed by atoms with van der Waals surface area (Å²) in [5.41, 5.74) is 8.82. The van der Waals surface area contributed by atoms with E-state index < -0.39 is 4.92 Å². The lowest BCUT2D eigenvalue weighted by Gasteiger charge is -2.12. The molecular weight excluding hydrogens is 302 g/mol. The van der Waals surface area contributed by atoms with Crippen molar-refractivity contribution in [1.29, 1.82) is 0 Å². The molecule has 0 saturated carbocycles. The van der Waals surface area contributed by atoms with Gasteiger partial charge in [0.05, 0.1) is 16.8 Å². The van der Waals surface area contributed by atoms with E-state index in [-0.39, 0.29) is 5.69 Å². The van der Waals surface area contributed by atoms with Crippen molar-refractivity contribution in [1.82, 2.24) is 0 Å². The van der Waals surface area contributed by atoms with E-state index in [1.807, 2.05) is 6.21 Å². The number of hydrogen-bond donors (Lipinski definition) is 1. The van der Waals surface area contributed by atoms with Crippen molar-refractivity contribution in [2.75, 3.05) is 5.43 Å². The lowest BCUT2D eigenvalue weighted by atomic mass is 9.94. The zero-order chi connectivity index (χ0) is 17.5. The van der Waals surface area contributed by atoms with Crippen molar-refractivity contribution in [2.45, 2.75) is 40.0 Å². The minimum atomic E-state index is -0.413. The van der Waals surface area contributed by atoms with Gasteiger partial charge in [-0.05, 0) is 48.1 Å². The Morgan fingerprint density at radius 1 is 1.04 bits per heavy atom. The zero-order valence-electron chi connectivity index (χ0n) is 14.4. The third-order valence-corrected chi connectivity index (χ3v) is 4.05. The molecule has 0 radical (unpaired) electrons. The summed E-state index contributed by atoms with van der Waals surface area (Å²) < 4.78 is 0. The molecule has 2 aromatic rings.